The van der Waals surface area contributed by atoms with Crippen LogP contribution in [-0.2, 0) is 11.2 Å². The molecule has 1 aliphatic rings. The Kier molecular flexibility index (Phi) is 5.13. The van der Waals surface area contributed by atoms with E-state index in [2.05, 4.69) is 4.98 Å². The van der Waals surface area contributed by atoms with Crippen LogP contribution in [0.25, 0.3) is 0 Å². The molecule has 0 N–H and O–H groups in total. The van der Waals surface area contributed by atoms with Gasteiger partial charge in [0.15, 0.2) is 0 Å². The zero-order valence-corrected chi connectivity index (χ0v) is 13.6. The third-order valence-corrected chi connectivity index (χ3v) is 4.24. The number of amides is 1. The lowest BCUT2D eigenvalue weighted by Gasteiger charge is -2.33. The van der Waals surface area contributed by atoms with E-state index in [1.165, 1.54) is 0 Å². The number of halogens is 1. The number of nitrogens with zero attached hydrogens (tertiary/aromatic N) is 2. The average molecular weight is 331 g/mol. The van der Waals surface area contributed by atoms with Gasteiger partial charge in [-0.25, -0.2) is 0 Å². The van der Waals surface area contributed by atoms with E-state index >= 15 is 0 Å². The Bertz CT molecular complexity index is 663. The van der Waals surface area contributed by atoms with Crippen LogP contribution in [0.15, 0.2) is 48.8 Å². The molecule has 2 aromatic rings. The number of ether oxygens (including phenoxy) is 1. The van der Waals surface area contributed by atoms with E-state index in [1.807, 2.05) is 35.2 Å². The van der Waals surface area contributed by atoms with Crippen molar-refractivity contribution in [2.75, 3.05) is 13.1 Å². The molecule has 23 heavy (non-hydrogen) atoms. The normalized spacial score (nSPS) is 17.8. The summed E-state index contributed by atoms with van der Waals surface area (Å²) in [5.41, 5.74) is 1.04. The highest BCUT2D eigenvalue weighted by Crippen LogP contribution is 2.25. The van der Waals surface area contributed by atoms with Crippen LogP contribution in [0.5, 0.6) is 5.75 Å². The molecule has 3 rings (SSSR count). The number of hydrogen-bond acceptors (Lipinski definition) is 3. The lowest BCUT2D eigenvalue weighted by molar-refractivity contribution is -0.133. The van der Waals surface area contributed by atoms with E-state index in [0.29, 0.717) is 23.7 Å². The van der Waals surface area contributed by atoms with Gasteiger partial charge in [0.25, 0.3) is 0 Å². The molecular weight excluding hydrogens is 312 g/mol. The molecule has 1 fully saturated rings. The molecule has 0 spiro atoms. The first-order chi connectivity index (χ1) is 11.2. The zero-order valence-electron chi connectivity index (χ0n) is 12.8. The summed E-state index contributed by atoms with van der Waals surface area (Å²) in [7, 11) is 0. The first-order valence-corrected chi connectivity index (χ1v) is 8.18. The Balaban J connectivity index is 1.59. The summed E-state index contributed by atoms with van der Waals surface area (Å²) in [5, 5.41) is 0.500. The Morgan fingerprint density at radius 1 is 1.30 bits per heavy atom. The number of aromatic nitrogens is 1. The molecule has 4 nitrogen and oxygen atoms in total. The molecular formula is C18H19ClN2O2. The SMILES string of the molecule is O=C(Cc1ccccc1)N1CCCC(Oc2ccncc2Cl)C1. The fourth-order valence-electron chi connectivity index (χ4n) is 2.78. The minimum atomic E-state index is -0.0247. The van der Waals surface area contributed by atoms with Gasteiger partial charge in [-0.1, -0.05) is 41.9 Å². The first kappa shape index (κ1) is 15.8. The Morgan fingerprint density at radius 2 is 2.13 bits per heavy atom. The van der Waals surface area contributed by atoms with Gasteiger partial charge in [-0.15, -0.1) is 0 Å². The maximum atomic E-state index is 12.5. The highest BCUT2D eigenvalue weighted by atomic mass is 35.5. The van der Waals surface area contributed by atoms with Gasteiger partial charge in [-0.05, 0) is 18.4 Å². The van der Waals surface area contributed by atoms with Gasteiger partial charge < -0.3 is 9.64 Å². The van der Waals surface area contributed by atoms with Crippen molar-refractivity contribution in [3.05, 3.63) is 59.4 Å². The molecule has 0 saturated carbocycles. The Morgan fingerprint density at radius 3 is 2.91 bits per heavy atom. The van der Waals surface area contributed by atoms with Crippen molar-refractivity contribution in [1.82, 2.24) is 9.88 Å². The molecule has 1 saturated heterocycles. The number of carbonyl (C=O) groups is 1. The van der Waals surface area contributed by atoms with E-state index in [0.717, 1.165) is 24.9 Å². The number of pyridine rings is 1. The van der Waals surface area contributed by atoms with Gasteiger partial charge in [-0.3, -0.25) is 9.78 Å². The van der Waals surface area contributed by atoms with Gasteiger partial charge in [0, 0.05) is 25.0 Å². The predicted octanol–water partition coefficient (Wildman–Crippen LogP) is 3.35. The molecule has 1 aromatic heterocycles. The number of rotatable bonds is 4. The van der Waals surface area contributed by atoms with E-state index in [-0.39, 0.29) is 12.0 Å². The number of piperidine rings is 1. The third-order valence-electron chi connectivity index (χ3n) is 3.96. The molecule has 1 amide bonds. The number of likely N-dealkylation sites (tertiary alicyclic amines) is 1. The molecule has 0 bridgehead atoms. The van der Waals surface area contributed by atoms with Gasteiger partial charge in [0.1, 0.15) is 16.9 Å². The van der Waals surface area contributed by atoms with Crippen molar-refractivity contribution in [2.24, 2.45) is 0 Å². The van der Waals surface area contributed by atoms with Crippen molar-refractivity contribution in [2.45, 2.75) is 25.4 Å². The summed E-state index contributed by atoms with van der Waals surface area (Å²) in [6.45, 7) is 1.39. The Labute approximate surface area is 141 Å². The van der Waals surface area contributed by atoms with E-state index < -0.39 is 0 Å². The van der Waals surface area contributed by atoms with Gasteiger partial charge in [0.2, 0.25) is 5.91 Å². The van der Waals surface area contributed by atoms with Crippen LogP contribution in [0, 0.1) is 0 Å². The lowest BCUT2D eigenvalue weighted by atomic mass is 10.1. The second-order valence-corrected chi connectivity index (χ2v) is 6.10. The maximum absolute atomic E-state index is 12.5. The fourth-order valence-corrected chi connectivity index (χ4v) is 2.94. The molecule has 5 heteroatoms. The smallest absolute Gasteiger partial charge is 0.227 e. The van der Waals surface area contributed by atoms with Crippen LogP contribution in [0.1, 0.15) is 18.4 Å². The molecule has 1 atom stereocenters. The zero-order chi connectivity index (χ0) is 16.1. The van der Waals surface area contributed by atoms with Crippen LogP contribution in [0.3, 0.4) is 0 Å². The highest BCUT2D eigenvalue weighted by molar-refractivity contribution is 6.31. The van der Waals surface area contributed by atoms with Crippen molar-refractivity contribution in [1.29, 1.82) is 0 Å². The monoisotopic (exact) mass is 330 g/mol. The lowest BCUT2D eigenvalue weighted by Crippen LogP contribution is -2.45. The topological polar surface area (TPSA) is 42.4 Å². The maximum Gasteiger partial charge on any atom is 0.227 e. The van der Waals surface area contributed by atoms with Gasteiger partial charge >= 0.3 is 0 Å². The van der Waals surface area contributed by atoms with Gasteiger partial charge in [0.05, 0.1) is 13.0 Å². The largest absolute Gasteiger partial charge is 0.487 e. The second-order valence-electron chi connectivity index (χ2n) is 5.69. The number of benzene rings is 1. The standard InChI is InChI=1S/C18H19ClN2O2/c19-16-12-20-9-8-17(16)23-15-7-4-10-21(13-15)18(22)11-14-5-2-1-3-6-14/h1-3,5-6,8-9,12,15H,4,7,10-11,13H2. The summed E-state index contributed by atoms with van der Waals surface area (Å²) >= 11 is 6.08. The summed E-state index contributed by atoms with van der Waals surface area (Å²) in [6.07, 6.45) is 5.49. The molecule has 1 aromatic carbocycles. The third kappa shape index (κ3) is 4.23. The summed E-state index contributed by atoms with van der Waals surface area (Å²) in [4.78, 5) is 18.3. The van der Waals surface area contributed by atoms with Crippen molar-refractivity contribution >= 4 is 17.5 Å². The molecule has 1 unspecified atom stereocenters. The summed E-state index contributed by atoms with van der Waals surface area (Å²) in [5.74, 6) is 0.773. The number of carbonyl (C=O) groups excluding carboxylic acids is 1. The summed E-state index contributed by atoms with van der Waals surface area (Å²) in [6, 6.07) is 11.6. The fraction of sp³-hybridized carbons (Fsp3) is 0.333. The number of hydrogen-bond donors (Lipinski definition) is 0. The van der Waals surface area contributed by atoms with E-state index in [4.69, 9.17) is 16.3 Å². The second kappa shape index (κ2) is 7.47. The van der Waals surface area contributed by atoms with E-state index in [1.54, 1.807) is 18.5 Å². The highest BCUT2D eigenvalue weighted by Gasteiger charge is 2.25. The van der Waals surface area contributed by atoms with Crippen LogP contribution < -0.4 is 4.74 Å². The predicted molar refractivity (Wildman–Crippen MR) is 89.6 cm³/mol. The van der Waals surface area contributed by atoms with Crippen LogP contribution in [-0.4, -0.2) is 35.0 Å². The van der Waals surface area contributed by atoms with Gasteiger partial charge in [-0.2, -0.15) is 0 Å². The van der Waals surface area contributed by atoms with Crippen LogP contribution in [0.2, 0.25) is 5.02 Å². The minimum Gasteiger partial charge on any atom is -0.487 e. The molecule has 0 aliphatic carbocycles. The van der Waals surface area contributed by atoms with Crippen molar-refractivity contribution < 1.29 is 9.53 Å². The quantitative estimate of drug-likeness (QED) is 0.863. The van der Waals surface area contributed by atoms with E-state index in [9.17, 15) is 4.79 Å². The van der Waals surface area contributed by atoms with Crippen molar-refractivity contribution in [3.8, 4) is 5.75 Å². The molecule has 0 radical (unpaired) electrons. The minimum absolute atomic E-state index is 0.0247. The molecule has 2 heterocycles. The summed E-state index contributed by atoms with van der Waals surface area (Å²) < 4.78 is 5.95. The van der Waals surface area contributed by atoms with Crippen LogP contribution in [0.4, 0.5) is 0 Å². The first-order valence-electron chi connectivity index (χ1n) is 7.80. The van der Waals surface area contributed by atoms with Crippen LogP contribution >= 0.6 is 11.6 Å². The average Bonchev–Trinajstić information content (AvgIpc) is 2.58. The Hall–Kier alpha value is -2.07. The van der Waals surface area contributed by atoms with Crippen molar-refractivity contribution in [3.63, 3.8) is 0 Å². The molecule has 120 valence electrons. The molecule has 1 aliphatic heterocycles.